The van der Waals surface area contributed by atoms with Crippen LogP contribution in [0, 0.1) is 6.92 Å². The fraction of sp³-hybridized carbons (Fsp3) is 0.200. The van der Waals surface area contributed by atoms with Crippen molar-refractivity contribution in [3.63, 3.8) is 0 Å². The first kappa shape index (κ1) is 25.3. The van der Waals surface area contributed by atoms with Crippen LogP contribution in [0.5, 0.6) is 5.75 Å². The smallest absolute Gasteiger partial charge is 0.264 e. The molecule has 7 nitrogen and oxygen atoms in total. The Bertz CT molecular complexity index is 1260. The lowest BCUT2D eigenvalue weighted by Gasteiger charge is -2.24. The van der Waals surface area contributed by atoms with E-state index in [0.29, 0.717) is 5.02 Å². The largest absolute Gasteiger partial charge is 0.491 e. The van der Waals surface area contributed by atoms with Crippen molar-refractivity contribution in [3.8, 4) is 5.75 Å². The van der Waals surface area contributed by atoms with Gasteiger partial charge in [-0.3, -0.25) is 9.10 Å². The summed E-state index contributed by atoms with van der Waals surface area (Å²) in [4.78, 5) is 12.7. The third kappa shape index (κ3) is 6.82. The highest BCUT2D eigenvalue weighted by Gasteiger charge is 2.27. The summed E-state index contributed by atoms with van der Waals surface area (Å²) in [6.45, 7) is 5.27. The molecule has 1 amide bonds. The van der Waals surface area contributed by atoms with Crippen LogP contribution in [0.4, 0.5) is 5.69 Å². The zero-order chi connectivity index (χ0) is 24.7. The Balaban J connectivity index is 1.76. The maximum absolute atomic E-state index is 13.3. The summed E-state index contributed by atoms with van der Waals surface area (Å²) >= 11 is 6.08. The molecule has 0 spiro atoms. The quantitative estimate of drug-likeness (QED) is 0.339. The number of carbonyl (C=O) groups excluding carboxylic acids is 1. The number of nitrogens with zero attached hydrogens (tertiary/aromatic N) is 2. The number of hydrogen-bond acceptors (Lipinski definition) is 5. The second-order valence-corrected chi connectivity index (χ2v) is 10.1. The average molecular weight is 500 g/mol. The molecule has 0 aliphatic heterocycles. The second kappa shape index (κ2) is 11.2. The van der Waals surface area contributed by atoms with Crippen molar-refractivity contribution in [2.24, 2.45) is 5.10 Å². The molecule has 0 radical (unpaired) electrons. The minimum absolute atomic E-state index is 0.0671. The fourth-order valence-electron chi connectivity index (χ4n) is 3.03. The fourth-order valence-corrected chi connectivity index (χ4v) is 4.63. The molecule has 0 heterocycles. The lowest BCUT2D eigenvalue weighted by molar-refractivity contribution is -0.119. The third-order valence-corrected chi connectivity index (χ3v) is 6.67. The van der Waals surface area contributed by atoms with E-state index in [0.717, 1.165) is 21.2 Å². The van der Waals surface area contributed by atoms with E-state index in [4.69, 9.17) is 16.3 Å². The number of amides is 1. The van der Waals surface area contributed by atoms with E-state index in [9.17, 15) is 13.2 Å². The van der Waals surface area contributed by atoms with Gasteiger partial charge in [-0.05, 0) is 80.9 Å². The molecule has 178 valence electrons. The average Bonchev–Trinajstić information content (AvgIpc) is 2.78. The highest BCUT2D eigenvalue weighted by Crippen LogP contribution is 2.26. The Kier molecular flexibility index (Phi) is 8.31. The number of aryl methyl sites for hydroxylation is 1. The van der Waals surface area contributed by atoms with Crippen LogP contribution >= 0.6 is 11.6 Å². The van der Waals surface area contributed by atoms with Gasteiger partial charge in [0.1, 0.15) is 12.3 Å². The molecule has 0 saturated carbocycles. The van der Waals surface area contributed by atoms with E-state index in [1.54, 1.807) is 54.6 Å². The Hall–Kier alpha value is -3.36. The van der Waals surface area contributed by atoms with Gasteiger partial charge in [0.15, 0.2) is 0 Å². The summed E-state index contributed by atoms with van der Waals surface area (Å²) in [5, 5.41) is 4.30. The minimum Gasteiger partial charge on any atom is -0.491 e. The van der Waals surface area contributed by atoms with Gasteiger partial charge in [0, 0.05) is 5.02 Å². The number of benzene rings is 3. The SMILES string of the molecule is Cc1ccc(S(=O)(=O)N(CC(=O)N/N=C\c2ccc(OC(C)C)cc2)c2cccc(Cl)c2)cc1. The highest BCUT2D eigenvalue weighted by molar-refractivity contribution is 7.92. The van der Waals surface area contributed by atoms with Crippen molar-refractivity contribution >= 4 is 39.4 Å². The van der Waals surface area contributed by atoms with Crippen molar-refractivity contribution in [2.45, 2.75) is 31.8 Å². The summed E-state index contributed by atoms with van der Waals surface area (Å²) in [6.07, 6.45) is 1.53. The first-order valence-corrected chi connectivity index (χ1v) is 12.4. The van der Waals surface area contributed by atoms with E-state index >= 15 is 0 Å². The Morgan fingerprint density at radius 2 is 1.76 bits per heavy atom. The molecule has 0 bridgehead atoms. The zero-order valence-electron chi connectivity index (χ0n) is 19.1. The second-order valence-electron chi connectivity index (χ2n) is 7.83. The summed E-state index contributed by atoms with van der Waals surface area (Å²) in [5.74, 6) is 0.126. The maximum Gasteiger partial charge on any atom is 0.264 e. The first-order valence-electron chi connectivity index (χ1n) is 10.6. The molecule has 9 heteroatoms. The van der Waals surface area contributed by atoms with Gasteiger partial charge in [0.05, 0.1) is 22.9 Å². The molecule has 3 aromatic carbocycles. The molecule has 3 aromatic rings. The Morgan fingerprint density at radius 3 is 2.38 bits per heavy atom. The summed E-state index contributed by atoms with van der Waals surface area (Å²) < 4.78 is 33.3. The topological polar surface area (TPSA) is 88.1 Å². The summed E-state index contributed by atoms with van der Waals surface area (Å²) in [7, 11) is -4.03. The third-order valence-electron chi connectivity index (χ3n) is 4.65. The lowest BCUT2D eigenvalue weighted by atomic mass is 10.2. The van der Waals surface area contributed by atoms with Crippen molar-refractivity contribution in [2.75, 3.05) is 10.8 Å². The van der Waals surface area contributed by atoms with Crippen LogP contribution < -0.4 is 14.5 Å². The summed E-state index contributed by atoms with van der Waals surface area (Å²) in [6, 6.07) is 19.9. The molecule has 0 aliphatic rings. The van der Waals surface area contributed by atoms with Gasteiger partial charge in [0.25, 0.3) is 15.9 Å². The standard InChI is InChI=1S/C25H26ClN3O4S/c1-18(2)33-23-11-9-20(10-12-23)16-27-28-25(30)17-29(22-6-4-5-21(26)15-22)34(31,32)24-13-7-19(3)8-14-24/h4-16,18H,17H2,1-3H3,(H,28,30)/b27-16-. The van der Waals surface area contributed by atoms with Crippen LogP contribution in [-0.4, -0.2) is 33.2 Å². The predicted molar refractivity (Wildman–Crippen MR) is 135 cm³/mol. The number of hydrazone groups is 1. The number of ether oxygens (including phenoxy) is 1. The summed E-state index contributed by atoms with van der Waals surface area (Å²) in [5.41, 5.74) is 4.32. The minimum atomic E-state index is -4.03. The Morgan fingerprint density at radius 1 is 1.09 bits per heavy atom. The van der Waals surface area contributed by atoms with Gasteiger partial charge in [-0.2, -0.15) is 5.10 Å². The molecule has 34 heavy (non-hydrogen) atoms. The lowest BCUT2D eigenvalue weighted by Crippen LogP contribution is -2.39. The van der Waals surface area contributed by atoms with Crippen LogP contribution in [0.2, 0.25) is 5.02 Å². The van der Waals surface area contributed by atoms with E-state index in [-0.39, 0.29) is 16.7 Å². The van der Waals surface area contributed by atoms with Gasteiger partial charge < -0.3 is 4.74 Å². The van der Waals surface area contributed by atoms with E-state index < -0.39 is 22.5 Å². The molecule has 0 atom stereocenters. The van der Waals surface area contributed by atoms with Crippen molar-refractivity contribution in [1.29, 1.82) is 0 Å². The number of carbonyl (C=O) groups is 1. The molecule has 0 unspecified atom stereocenters. The number of halogens is 1. The van der Waals surface area contributed by atoms with E-state index in [1.807, 2.05) is 20.8 Å². The monoisotopic (exact) mass is 499 g/mol. The molecule has 1 N–H and O–H groups in total. The van der Waals surface area contributed by atoms with Gasteiger partial charge in [-0.15, -0.1) is 0 Å². The highest BCUT2D eigenvalue weighted by atomic mass is 35.5. The molecular formula is C25H26ClN3O4S. The van der Waals surface area contributed by atoms with Crippen molar-refractivity contribution < 1.29 is 17.9 Å². The van der Waals surface area contributed by atoms with Gasteiger partial charge in [-0.1, -0.05) is 35.4 Å². The van der Waals surface area contributed by atoms with Crippen LogP contribution in [-0.2, 0) is 14.8 Å². The first-order chi connectivity index (χ1) is 16.1. The maximum atomic E-state index is 13.3. The van der Waals surface area contributed by atoms with Crippen LogP contribution in [0.3, 0.4) is 0 Å². The molecule has 0 aliphatic carbocycles. The normalized spacial score (nSPS) is 11.6. The number of anilines is 1. The van der Waals surface area contributed by atoms with Crippen molar-refractivity contribution in [3.05, 3.63) is 88.9 Å². The van der Waals surface area contributed by atoms with Crippen LogP contribution in [0.15, 0.2) is 82.8 Å². The van der Waals surface area contributed by atoms with Gasteiger partial charge in [0.2, 0.25) is 0 Å². The van der Waals surface area contributed by atoms with Gasteiger partial charge >= 0.3 is 0 Å². The number of nitrogens with one attached hydrogen (secondary N) is 1. The number of rotatable bonds is 9. The van der Waals surface area contributed by atoms with E-state index in [2.05, 4.69) is 10.5 Å². The molecule has 0 fully saturated rings. The predicted octanol–water partition coefficient (Wildman–Crippen LogP) is 4.78. The molecule has 0 saturated heterocycles. The molecule has 3 rings (SSSR count). The van der Waals surface area contributed by atoms with Crippen LogP contribution in [0.1, 0.15) is 25.0 Å². The van der Waals surface area contributed by atoms with Crippen molar-refractivity contribution in [1.82, 2.24) is 5.43 Å². The molecular weight excluding hydrogens is 474 g/mol. The molecule has 0 aromatic heterocycles. The van der Waals surface area contributed by atoms with Crippen LogP contribution in [0.25, 0.3) is 0 Å². The number of hydrogen-bond donors (Lipinski definition) is 1. The Labute approximate surface area is 205 Å². The van der Waals surface area contributed by atoms with E-state index in [1.165, 1.54) is 24.4 Å². The number of sulfonamides is 1. The zero-order valence-corrected chi connectivity index (χ0v) is 20.7. The van der Waals surface area contributed by atoms with Gasteiger partial charge in [-0.25, -0.2) is 13.8 Å².